The van der Waals surface area contributed by atoms with E-state index in [0.717, 1.165) is 27.6 Å². The molecule has 4 aromatic rings. The van der Waals surface area contributed by atoms with Gasteiger partial charge in [-0.2, -0.15) is 4.98 Å². The Balaban J connectivity index is 0.00000167. The minimum atomic E-state index is -0.677. The first-order chi connectivity index (χ1) is 16.7. The quantitative estimate of drug-likeness (QED) is 0.305. The number of hydrogen-bond acceptors (Lipinski definition) is 8. The molecule has 0 aliphatic carbocycles. The van der Waals surface area contributed by atoms with Gasteiger partial charge in [0.2, 0.25) is 11.7 Å². The molecular weight excluding hydrogens is 458 g/mol. The normalized spacial score (nSPS) is 13.2. The molecule has 0 radical (unpaired) electrons. The highest BCUT2D eigenvalue weighted by Gasteiger charge is 2.34. The Morgan fingerprint density at radius 3 is 2.26 bits per heavy atom. The lowest BCUT2D eigenvalue weighted by Gasteiger charge is -2.34. The average Bonchev–Trinajstić information content (AvgIpc) is 3.56. The zero-order valence-corrected chi connectivity index (χ0v) is 22.4. The monoisotopic (exact) mass is 493 g/mol. The number of nitrogens with two attached hydrogens (primary N) is 1. The summed E-state index contributed by atoms with van der Waals surface area (Å²) in [7, 11) is 0. The van der Waals surface area contributed by atoms with Crippen molar-refractivity contribution in [3.8, 4) is 17.1 Å². The van der Waals surface area contributed by atoms with Crippen LogP contribution in [-0.4, -0.2) is 20.1 Å². The van der Waals surface area contributed by atoms with Crippen LogP contribution in [0, 0.1) is 5.92 Å². The number of aromatic nitrogens is 4. The lowest BCUT2D eigenvalue weighted by atomic mass is 9.70. The van der Waals surface area contributed by atoms with Crippen LogP contribution in [0.25, 0.3) is 11.4 Å². The summed E-state index contributed by atoms with van der Waals surface area (Å²) in [5.41, 5.74) is 8.13. The molecule has 1 aromatic carbocycles. The van der Waals surface area contributed by atoms with Crippen LogP contribution in [0.2, 0.25) is 0 Å². The summed E-state index contributed by atoms with van der Waals surface area (Å²) in [6, 6.07) is 12.3. The summed E-state index contributed by atoms with van der Waals surface area (Å²) < 4.78 is 11.2. The molecule has 35 heavy (non-hydrogen) atoms. The molecule has 0 bridgehead atoms. The van der Waals surface area contributed by atoms with E-state index < -0.39 is 5.54 Å². The molecule has 1 unspecified atom stereocenters. The van der Waals surface area contributed by atoms with Gasteiger partial charge in [-0.15, -0.1) is 11.3 Å². The van der Waals surface area contributed by atoms with Gasteiger partial charge >= 0.3 is 0 Å². The number of thiazole rings is 1. The van der Waals surface area contributed by atoms with Gasteiger partial charge in [-0.05, 0) is 44.4 Å². The molecule has 0 aliphatic rings. The topological polar surface area (TPSA) is 100.0 Å². The molecule has 0 fully saturated rings. The second-order valence-corrected chi connectivity index (χ2v) is 10.2. The van der Waals surface area contributed by atoms with Gasteiger partial charge in [-0.1, -0.05) is 57.1 Å². The van der Waals surface area contributed by atoms with Crippen LogP contribution in [0.1, 0.15) is 70.6 Å². The van der Waals surface area contributed by atoms with Crippen molar-refractivity contribution < 1.29 is 9.26 Å². The van der Waals surface area contributed by atoms with E-state index in [9.17, 15) is 0 Å². The minimum Gasteiger partial charge on any atom is -0.485 e. The van der Waals surface area contributed by atoms with E-state index >= 15 is 0 Å². The third kappa shape index (κ3) is 5.94. The smallest absolute Gasteiger partial charge is 0.246 e. The SMILES string of the molecule is CC.CC(C)C(C)(c1ccc(-c2noc(C(C)(C)N)n2)cc1)c1ccc(OCc2nccs2)cn1. The van der Waals surface area contributed by atoms with Crippen molar-refractivity contribution in [2.45, 2.75) is 66.0 Å². The van der Waals surface area contributed by atoms with Crippen LogP contribution in [0.4, 0.5) is 0 Å². The molecule has 0 saturated carbocycles. The highest BCUT2D eigenvalue weighted by atomic mass is 32.1. The summed E-state index contributed by atoms with van der Waals surface area (Å²) in [5, 5.41) is 6.97. The molecule has 3 heterocycles. The Bertz CT molecular complexity index is 1180. The zero-order valence-electron chi connectivity index (χ0n) is 21.6. The fraction of sp³-hybridized carbons (Fsp3) is 0.407. The van der Waals surface area contributed by atoms with E-state index in [1.165, 1.54) is 0 Å². The fourth-order valence-electron chi connectivity index (χ4n) is 3.59. The molecule has 0 saturated heterocycles. The van der Waals surface area contributed by atoms with Crippen molar-refractivity contribution >= 4 is 11.3 Å². The van der Waals surface area contributed by atoms with Crippen LogP contribution in [0.15, 0.2) is 58.7 Å². The highest BCUT2D eigenvalue weighted by molar-refractivity contribution is 7.09. The van der Waals surface area contributed by atoms with Crippen LogP contribution in [-0.2, 0) is 17.6 Å². The first-order valence-electron chi connectivity index (χ1n) is 11.9. The predicted octanol–water partition coefficient (Wildman–Crippen LogP) is 6.35. The lowest BCUT2D eigenvalue weighted by molar-refractivity contribution is 0.303. The third-order valence-electron chi connectivity index (χ3n) is 5.99. The van der Waals surface area contributed by atoms with E-state index in [0.29, 0.717) is 24.2 Å². The van der Waals surface area contributed by atoms with Gasteiger partial charge in [-0.3, -0.25) is 4.98 Å². The van der Waals surface area contributed by atoms with Crippen molar-refractivity contribution in [1.29, 1.82) is 0 Å². The molecule has 186 valence electrons. The molecule has 2 N–H and O–H groups in total. The van der Waals surface area contributed by atoms with Crippen LogP contribution in [0.3, 0.4) is 0 Å². The van der Waals surface area contributed by atoms with Gasteiger partial charge in [0.15, 0.2) is 0 Å². The van der Waals surface area contributed by atoms with Gasteiger partial charge in [0, 0.05) is 22.6 Å². The second kappa shape index (κ2) is 11.1. The molecular formula is C27H35N5O2S. The lowest BCUT2D eigenvalue weighted by Crippen LogP contribution is -2.31. The Hall–Kier alpha value is -3.10. The zero-order chi connectivity index (χ0) is 25.6. The average molecular weight is 494 g/mol. The predicted molar refractivity (Wildman–Crippen MR) is 140 cm³/mol. The van der Waals surface area contributed by atoms with Crippen molar-refractivity contribution in [1.82, 2.24) is 20.1 Å². The molecule has 0 aliphatic heterocycles. The van der Waals surface area contributed by atoms with Crippen molar-refractivity contribution in [2.75, 3.05) is 0 Å². The maximum Gasteiger partial charge on any atom is 0.246 e. The van der Waals surface area contributed by atoms with E-state index in [1.54, 1.807) is 23.7 Å². The van der Waals surface area contributed by atoms with Crippen LogP contribution >= 0.6 is 11.3 Å². The fourth-order valence-corrected chi connectivity index (χ4v) is 4.11. The van der Waals surface area contributed by atoms with Gasteiger partial charge < -0.3 is 15.0 Å². The van der Waals surface area contributed by atoms with Crippen LogP contribution < -0.4 is 10.5 Å². The molecule has 3 aromatic heterocycles. The Labute approximate surface area is 211 Å². The number of ether oxygens (including phenoxy) is 1. The van der Waals surface area contributed by atoms with E-state index in [4.69, 9.17) is 20.0 Å². The number of pyridine rings is 1. The molecule has 4 rings (SSSR count). The molecule has 8 heteroatoms. The van der Waals surface area contributed by atoms with Gasteiger partial charge in [0.25, 0.3) is 0 Å². The van der Waals surface area contributed by atoms with Gasteiger partial charge in [0.05, 0.1) is 17.4 Å². The maximum absolute atomic E-state index is 6.07. The number of benzene rings is 1. The van der Waals surface area contributed by atoms with E-state index in [2.05, 4.69) is 48.0 Å². The number of rotatable bonds is 8. The summed E-state index contributed by atoms with van der Waals surface area (Å²) in [5.74, 6) is 1.98. The summed E-state index contributed by atoms with van der Waals surface area (Å²) in [4.78, 5) is 13.5. The van der Waals surface area contributed by atoms with Crippen molar-refractivity contribution in [3.63, 3.8) is 0 Å². The largest absolute Gasteiger partial charge is 0.485 e. The summed E-state index contributed by atoms with van der Waals surface area (Å²) >= 11 is 1.58. The van der Waals surface area contributed by atoms with Crippen molar-refractivity contribution in [2.24, 2.45) is 11.7 Å². The molecule has 0 spiro atoms. The number of nitrogens with zero attached hydrogens (tertiary/aromatic N) is 4. The number of hydrogen-bond donors (Lipinski definition) is 1. The Morgan fingerprint density at radius 2 is 1.74 bits per heavy atom. The highest BCUT2D eigenvalue weighted by Crippen LogP contribution is 2.39. The molecule has 7 nitrogen and oxygen atoms in total. The minimum absolute atomic E-state index is 0.284. The van der Waals surface area contributed by atoms with Gasteiger partial charge in [0.1, 0.15) is 17.4 Å². The van der Waals surface area contributed by atoms with E-state index in [1.807, 2.05) is 57.3 Å². The third-order valence-corrected chi connectivity index (χ3v) is 6.74. The maximum atomic E-state index is 6.07. The molecule has 0 amide bonds. The molecule has 1 atom stereocenters. The summed E-state index contributed by atoms with van der Waals surface area (Å²) in [6.07, 6.45) is 3.56. The second-order valence-electron chi connectivity index (χ2n) is 9.17. The first-order valence-corrected chi connectivity index (χ1v) is 12.8. The van der Waals surface area contributed by atoms with E-state index in [-0.39, 0.29) is 5.41 Å². The Morgan fingerprint density at radius 1 is 1.03 bits per heavy atom. The van der Waals surface area contributed by atoms with Crippen molar-refractivity contribution in [3.05, 3.63) is 76.3 Å². The van der Waals surface area contributed by atoms with Gasteiger partial charge in [-0.25, -0.2) is 4.98 Å². The Kier molecular flexibility index (Phi) is 8.40. The standard InChI is InChI=1S/C25H29N5O2S.C2H6/c1-16(2)25(5,20-11-10-19(14-28-20)31-15-21-27-12-13-33-21)18-8-6-17(7-9-18)22-29-23(32-30-22)24(3,4)26;1-2/h6-14,16H,15,26H2,1-5H3;1-2H3. The first kappa shape index (κ1) is 26.5. The summed E-state index contributed by atoms with van der Waals surface area (Å²) in [6.45, 7) is 14.7. The van der Waals surface area contributed by atoms with Crippen LogP contribution in [0.5, 0.6) is 5.75 Å².